The maximum atomic E-state index is 14.4. The van der Waals surface area contributed by atoms with Gasteiger partial charge in [-0.1, -0.05) is 23.7 Å². The molecule has 1 aliphatic carbocycles. The Hall–Kier alpha value is -2.47. The van der Waals surface area contributed by atoms with Crippen molar-refractivity contribution in [3.8, 4) is 12.1 Å². The van der Waals surface area contributed by atoms with Crippen LogP contribution in [0.25, 0.3) is 0 Å². The molecule has 39 heavy (non-hydrogen) atoms. The van der Waals surface area contributed by atoms with Gasteiger partial charge in [0.2, 0.25) is 0 Å². The third kappa shape index (κ3) is 4.38. The summed E-state index contributed by atoms with van der Waals surface area (Å²) in [5.74, 6) is 0.939. The number of hydrogen-bond acceptors (Lipinski definition) is 7. The van der Waals surface area contributed by atoms with Crippen LogP contribution in [0.5, 0.6) is 6.01 Å². The van der Waals surface area contributed by atoms with E-state index in [9.17, 15) is 9.65 Å². The molecule has 7 nitrogen and oxygen atoms in total. The van der Waals surface area contributed by atoms with E-state index in [0.29, 0.717) is 38.6 Å². The Morgan fingerprint density at radius 2 is 2.08 bits per heavy atom. The van der Waals surface area contributed by atoms with Crippen LogP contribution in [0.1, 0.15) is 67.3 Å². The van der Waals surface area contributed by atoms with Gasteiger partial charge < -0.3 is 14.4 Å². The molecule has 1 aromatic heterocycles. The Kier molecular flexibility index (Phi) is 6.45. The van der Waals surface area contributed by atoms with Gasteiger partial charge in [-0.05, 0) is 68.7 Å². The van der Waals surface area contributed by atoms with E-state index in [0.717, 1.165) is 92.2 Å². The number of halogens is 2. The molecule has 5 heterocycles. The van der Waals surface area contributed by atoms with Crippen LogP contribution in [0, 0.1) is 17.2 Å². The van der Waals surface area contributed by atoms with E-state index in [1.165, 1.54) is 5.56 Å². The fourth-order valence-corrected chi connectivity index (χ4v) is 8.04. The van der Waals surface area contributed by atoms with E-state index in [4.69, 9.17) is 31.0 Å². The van der Waals surface area contributed by atoms with E-state index in [1.807, 2.05) is 12.1 Å². The predicted molar refractivity (Wildman–Crippen MR) is 146 cm³/mol. The van der Waals surface area contributed by atoms with Crippen LogP contribution < -0.4 is 9.64 Å². The molecule has 9 heteroatoms. The third-order valence-corrected chi connectivity index (χ3v) is 10.2. The number of ether oxygens (including phenoxy) is 2. The molecule has 0 N–H and O–H groups in total. The summed E-state index contributed by atoms with van der Waals surface area (Å²) >= 11 is 6.56. The molecule has 0 amide bonds. The monoisotopic (exact) mass is 551 g/mol. The number of alkyl halides is 1. The molecule has 7 rings (SSSR count). The highest BCUT2D eigenvalue weighted by Crippen LogP contribution is 2.49. The summed E-state index contributed by atoms with van der Waals surface area (Å²) in [5.41, 5.74) is 3.61. The Morgan fingerprint density at radius 3 is 2.97 bits per heavy atom. The van der Waals surface area contributed by atoms with Gasteiger partial charge in [-0.3, -0.25) is 4.90 Å². The van der Waals surface area contributed by atoms with Crippen LogP contribution in [-0.4, -0.2) is 59.4 Å². The van der Waals surface area contributed by atoms with E-state index >= 15 is 0 Å². The SMILES string of the molecule is N#CC1CCCN(c2nc(OC[C@@]34CCCN3C[C@H](F)C4)nc3c2COC2(CCc4c(Cl)cccc42)C3)CC1. The summed E-state index contributed by atoms with van der Waals surface area (Å²) < 4.78 is 27.4. The fraction of sp³-hybridized carbons (Fsp3) is 0.633. The zero-order valence-electron chi connectivity index (χ0n) is 22.3. The summed E-state index contributed by atoms with van der Waals surface area (Å²) in [6, 6.07) is 8.92. The van der Waals surface area contributed by atoms with E-state index < -0.39 is 11.8 Å². The molecule has 5 aliphatic rings. The lowest BCUT2D eigenvalue weighted by Gasteiger charge is -2.37. The van der Waals surface area contributed by atoms with Crippen LogP contribution in [-0.2, 0) is 29.8 Å². The first-order chi connectivity index (χ1) is 19.0. The van der Waals surface area contributed by atoms with Crippen molar-refractivity contribution in [3.63, 3.8) is 0 Å². The van der Waals surface area contributed by atoms with Crippen molar-refractivity contribution in [1.29, 1.82) is 5.26 Å². The lowest BCUT2D eigenvalue weighted by molar-refractivity contribution is -0.0730. The van der Waals surface area contributed by atoms with E-state index in [1.54, 1.807) is 0 Å². The molecule has 2 aromatic rings. The average Bonchev–Trinajstić information content (AvgIpc) is 3.51. The Morgan fingerprint density at radius 1 is 1.15 bits per heavy atom. The summed E-state index contributed by atoms with van der Waals surface area (Å²) in [6.07, 6.45) is 6.79. The van der Waals surface area contributed by atoms with Crippen molar-refractivity contribution >= 4 is 17.4 Å². The van der Waals surface area contributed by atoms with Crippen LogP contribution >= 0.6 is 11.6 Å². The maximum absolute atomic E-state index is 14.4. The van der Waals surface area contributed by atoms with Gasteiger partial charge >= 0.3 is 6.01 Å². The number of benzene rings is 1. The van der Waals surface area contributed by atoms with Crippen molar-refractivity contribution in [1.82, 2.24) is 14.9 Å². The molecule has 1 spiro atoms. The first-order valence-electron chi connectivity index (χ1n) is 14.5. The largest absolute Gasteiger partial charge is 0.461 e. The first kappa shape index (κ1) is 25.5. The van der Waals surface area contributed by atoms with Crippen LogP contribution in [0.3, 0.4) is 0 Å². The lowest BCUT2D eigenvalue weighted by atomic mass is 9.87. The minimum absolute atomic E-state index is 0.0751. The molecule has 2 unspecified atom stereocenters. The Labute approximate surface area is 234 Å². The first-order valence-corrected chi connectivity index (χ1v) is 14.8. The summed E-state index contributed by atoms with van der Waals surface area (Å²) in [7, 11) is 0. The predicted octanol–water partition coefficient (Wildman–Crippen LogP) is 5.13. The highest BCUT2D eigenvalue weighted by Gasteiger charge is 2.50. The summed E-state index contributed by atoms with van der Waals surface area (Å²) in [4.78, 5) is 14.5. The zero-order chi connectivity index (χ0) is 26.6. The second-order valence-corrected chi connectivity index (χ2v) is 12.5. The molecule has 1 aromatic carbocycles. The molecule has 3 fully saturated rings. The van der Waals surface area contributed by atoms with Gasteiger partial charge in [-0.25, -0.2) is 4.39 Å². The highest BCUT2D eigenvalue weighted by atomic mass is 35.5. The molecule has 0 radical (unpaired) electrons. The normalized spacial score (nSPS) is 32.0. The molecule has 4 atom stereocenters. The average molecular weight is 552 g/mol. The number of fused-ring (bicyclic) bond motifs is 4. The number of nitrogens with zero attached hydrogens (tertiary/aromatic N) is 5. The van der Waals surface area contributed by atoms with Gasteiger partial charge in [0, 0.05) is 49.0 Å². The van der Waals surface area contributed by atoms with Gasteiger partial charge in [-0.2, -0.15) is 15.2 Å². The Balaban J connectivity index is 1.23. The van der Waals surface area contributed by atoms with Crippen molar-refractivity contribution in [3.05, 3.63) is 45.6 Å². The maximum Gasteiger partial charge on any atom is 0.318 e. The third-order valence-electron chi connectivity index (χ3n) is 9.83. The number of hydrogen-bond donors (Lipinski definition) is 0. The smallest absolute Gasteiger partial charge is 0.318 e. The van der Waals surface area contributed by atoms with Gasteiger partial charge in [0.05, 0.1) is 29.5 Å². The molecular weight excluding hydrogens is 517 g/mol. The lowest BCUT2D eigenvalue weighted by Crippen LogP contribution is -2.43. The van der Waals surface area contributed by atoms with Crippen LogP contribution in [0.2, 0.25) is 5.02 Å². The van der Waals surface area contributed by atoms with E-state index in [2.05, 4.69) is 21.9 Å². The van der Waals surface area contributed by atoms with Crippen LogP contribution in [0.15, 0.2) is 18.2 Å². The molecule has 0 saturated carbocycles. The molecule has 206 valence electrons. The number of nitriles is 1. The van der Waals surface area contributed by atoms with Crippen molar-refractivity contribution < 1.29 is 13.9 Å². The quantitative estimate of drug-likeness (QED) is 0.521. The zero-order valence-corrected chi connectivity index (χ0v) is 23.1. The van der Waals surface area contributed by atoms with Gasteiger partial charge in [0.15, 0.2) is 0 Å². The topological polar surface area (TPSA) is 74.5 Å². The molecule has 0 bridgehead atoms. The van der Waals surface area contributed by atoms with Crippen LogP contribution in [0.4, 0.5) is 10.2 Å². The second kappa shape index (κ2) is 9.87. The summed E-state index contributed by atoms with van der Waals surface area (Å²) in [5, 5.41) is 10.3. The molecule has 3 saturated heterocycles. The van der Waals surface area contributed by atoms with Crippen molar-refractivity contribution in [2.24, 2.45) is 5.92 Å². The summed E-state index contributed by atoms with van der Waals surface area (Å²) in [6.45, 7) is 3.86. The number of anilines is 1. The number of aromatic nitrogens is 2. The van der Waals surface area contributed by atoms with Crippen molar-refractivity contribution in [2.45, 2.75) is 81.7 Å². The van der Waals surface area contributed by atoms with Gasteiger partial charge in [0.25, 0.3) is 0 Å². The fourth-order valence-electron chi connectivity index (χ4n) is 7.77. The second-order valence-electron chi connectivity index (χ2n) is 12.1. The minimum Gasteiger partial charge on any atom is -0.461 e. The Bertz CT molecular complexity index is 1320. The highest BCUT2D eigenvalue weighted by molar-refractivity contribution is 6.31. The number of rotatable bonds is 4. The van der Waals surface area contributed by atoms with Crippen molar-refractivity contribution in [2.75, 3.05) is 37.7 Å². The standard InChI is InChI=1S/C30H35ClFN5O2/c31-25-6-1-5-24-22(25)7-10-30(24)15-26-23(18-39-30)27(36-11-2-4-20(16-33)8-13-36)35-28(34-26)38-19-29-9-3-12-37(29)17-21(32)14-29/h1,5-6,20-21H,2-4,7-15,17-19H2/t20?,21-,29+,30?/m1/s1. The minimum atomic E-state index is -0.801. The molecule has 4 aliphatic heterocycles. The van der Waals surface area contributed by atoms with Gasteiger partial charge in [-0.15, -0.1) is 0 Å². The molecular formula is C30H35ClFN5O2. The van der Waals surface area contributed by atoms with Gasteiger partial charge in [0.1, 0.15) is 18.6 Å². The van der Waals surface area contributed by atoms with E-state index in [-0.39, 0.29) is 11.5 Å².